The molecule has 0 radical (unpaired) electrons. The molecule has 5 rings (SSSR count). The smallest absolute Gasteiger partial charge is 0.0449 e. The molecule has 0 nitrogen and oxygen atoms in total. The van der Waals surface area contributed by atoms with Crippen LogP contribution in [0.3, 0.4) is 0 Å². The molecule has 0 atom stereocenters. The minimum Gasteiger partial charge on any atom is -0.140 e. The van der Waals surface area contributed by atoms with Gasteiger partial charge in [0.2, 0.25) is 0 Å². The fraction of sp³-hybridized carbons (Fsp3) is 0.355. The van der Waals surface area contributed by atoms with Crippen LogP contribution in [0.5, 0.6) is 0 Å². The lowest BCUT2D eigenvalue weighted by atomic mass is 10.0. The highest BCUT2D eigenvalue weighted by atomic mass is 32.1. The first kappa shape index (κ1) is 28.9. The second-order valence-electron chi connectivity index (χ2n) is 6.78. The zero-order chi connectivity index (χ0) is 25.0. The molecule has 1 aliphatic rings. The predicted molar refractivity (Wildman–Crippen MR) is 156 cm³/mol. The molecule has 0 amide bonds. The van der Waals surface area contributed by atoms with Gasteiger partial charge in [0.15, 0.2) is 0 Å². The van der Waals surface area contributed by atoms with Crippen LogP contribution in [-0.2, 0) is 6.42 Å². The summed E-state index contributed by atoms with van der Waals surface area (Å²) in [6.45, 7) is 20.3. The van der Waals surface area contributed by atoms with Crippen LogP contribution in [0.4, 0.5) is 0 Å². The second-order valence-corrected chi connectivity index (χ2v) is 9.16. The molecule has 4 aromatic rings. The lowest BCUT2D eigenvalue weighted by Gasteiger charge is -2.04. The molecule has 33 heavy (non-hydrogen) atoms. The summed E-state index contributed by atoms with van der Waals surface area (Å²) in [6.07, 6.45) is 1.06. The highest BCUT2D eigenvalue weighted by molar-refractivity contribution is 7.23. The quantitative estimate of drug-likeness (QED) is 0.236. The third kappa shape index (κ3) is 6.91. The summed E-state index contributed by atoms with van der Waals surface area (Å²) in [5, 5.41) is 0. The Labute approximate surface area is 211 Å². The molecule has 0 fully saturated rings. The first-order valence-corrected chi connectivity index (χ1v) is 14.2. The van der Waals surface area contributed by atoms with Gasteiger partial charge < -0.3 is 0 Å². The Kier molecular flexibility index (Phi) is 13.0. The van der Waals surface area contributed by atoms with Crippen molar-refractivity contribution in [1.29, 1.82) is 0 Å². The first-order valence-electron chi connectivity index (χ1n) is 12.6. The van der Waals surface area contributed by atoms with E-state index < -0.39 is 0 Å². The molecule has 0 spiro atoms. The maximum Gasteiger partial charge on any atom is 0.0449 e. The minimum atomic E-state index is 1.06. The third-order valence-electron chi connectivity index (χ3n) is 4.91. The van der Waals surface area contributed by atoms with Gasteiger partial charge >= 0.3 is 0 Å². The molecule has 2 aromatic heterocycles. The van der Waals surface area contributed by atoms with E-state index in [1.165, 1.54) is 52.9 Å². The number of hydrogen-bond donors (Lipinski definition) is 0. The van der Waals surface area contributed by atoms with Gasteiger partial charge in [0, 0.05) is 19.5 Å². The van der Waals surface area contributed by atoms with Crippen LogP contribution in [-0.4, -0.2) is 0 Å². The Balaban J connectivity index is 0.000000619. The van der Waals surface area contributed by atoms with Crippen LogP contribution in [0.25, 0.3) is 31.3 Å². The molecule has 1 aliphatic carbocycles. The molecule has 0 N–H and O–H groups in total. The van der Waals surface area contributed by atoms with Crippen molar-refractivity contribution in [2.75, 3.05) is 0 Å². The zero-order valence-corrected chi connectivity index (χ0v) is 23.9. The van der Waals surface area contributed by atoms with E-state index in [0.717, 1.165) is 6.42 Å². The number of thiophene rings is 2. The van der Waals surface area contributed by atoms with Crippen molar-refractivity contribution in [3.05, 3.63) is 82.2 Å². The lowest BCUT2D eigenvalue weighted by molar-refractivity contribution is 1.25. The molecule has 0 unspecified atom stereocenters. The maximum absolute atomic E-state index is 2.39. The minimum absolute atomic E-state index is 1.06. The van der Waals surface area contributed by atoms with Crippen molar-refractivity contribution in [2.24, 2.45) is 0 Å². The largest absolute Gasteiger partial charge is 0.140 e. The molecule has 0 bridgehead atoms. The van der Waals surface area contributed by atoms with Gasteiger partial charge in [-0.15, -0.1) is 22.7 Å². The SMILES string of the molecule is CC.CC.CC.CC.Cc1ccc2c(c1)Cc1cc(-c3ccc(-c4ccc(C)s4)s3)ccc1-2. The molecular weight excluding hydrogens is 436 g/mol. The monoisotopic (exact) mass is 478 g/mol. The molecule has 2 aromatic carbocycles. The molecule has 0 saturated heterocycles. The summed E-state index contributed by atoms with van der Waals surface area (Å²) < 4.78 is 0. The summed E-state index contributed by atoms with van der Waals surface area (Å²) in [5.41, 5.74) is 8.43. The summed E-state index contributed by atoms with van der Waals surface area (Å²) in [6, 6.07) is 22.8. The van der Waals surface area contributed by atoms with Crippen molar-refractivity contribution in [1.82, 2.24) is 0 Å². The maximum atomic E-state index is 2.39. The van der Waals surface area contributed by atoms with Gasteiger partial charge in [-0.05, 0) is 78.4 Å². The van der Waals surface area contributed by atoms with E-state index >= 15 is 0 Å². The van der Waals surface area contributed by atoms with Crippen molar-refractivity contribution in [2.45, 2.75) is 75.7 Å². The molecule has 0 saturated carbocycles. The van der Waals surface area contributed by atoms with Gasteiger partial charge in [0.25, 0.3) is 0 Å². The van der Waals surface area contributed by atoms with E-state index in [1.807, 2.05) is 78.1 Å². The van der Waals surface area contributed by atoms with Crippen LogP contribution in [0.15, 0.2) is 60.7 Å². The Morgan fingerprint density at radius 3 is 1.64 bits per heavy atom. The van der Waals surface area contributed by atoms with Gasteiger partial charge in [-0.25, -0.2) is 0 Å². The summed E-state index contributed by atoms with van der Waals surface area (Å²) in [5.74, 6) is 0. The molecule has 2 heteroatoms. The topological polar surface area (TPSA) is 0 Å². The molecule has 0 aliphatic heterocycles. The number of aryl methyl sites for hydroxylation is 2. The number of fused-ring (bicyclic) bond motifs is 3. The summed E-state index contributed by atoms with van der Waals surface area (Å²) in [4.78, 5) is 5.47. The molecule has 178 valence electrons. The Morgan fingerprint density at radius 2 is 1.03 bits per heavy atom. The zero-order valence-electron chi connectivity index (χ0n) is 22.3. The van der Waals surface area contributed by atoms with Gasteiger partial charge in [-0.1, -0.05) is 91.3 Å². The summed E-state index contributed by atoms with van der Waals surface area (Å²) in [7, 11) is 0. The van der Waals surface area contributed by atoms with Crippen molar-refractivity contribution in [3.63, 3.8) is 0 Å². The fourth-order valence-corrected chi connectivity index (χ4v) is 5.65. The average molecular weight is 479 g/mol. The van der Waals surface area contributed by atoms with Gasteiger partial charge in [0.1, 0.15) is 0 Å². The van der Waals surface area contributed by atoms with E-state index in [2.05, 4.69) is 74.5 Å². The second kappa shape index (κ2) is 14.9. The van der Waals surface area contributed by atoms with Crippen molar-refractivity contribution < 1.29 is 0 Å². The normalized spacial score (nSPS) is 10.0. The first-order chi connectivity index (χ1) is 16.2. The molecular formula is C31H42S2. The Bertz CT molecular complexity index is 1100. The van der Waals surface area contributed by atoms with Crippen LogP contribution in [0.2, 0.25) is 0 Å². The van der Waals surface area contributed by atoms with Crippen molar-refractivity contribution >= 4 is 22.7 Å². The van der Waals surface area contributed by atoms with Crippen LogP contribution in [0, 0.1) is 13.8 Å². The Hall–Kier alpha value is -2.16. The van der Waals surface area contributed by atoms with Crippen LogP contribution >= 0.6 is 22.7 Å². The number of rotatable bonds is 2. The van der Waals surface area contributed by atoms with Gasteiger partial charge in [0.05, 0.1) is 0 Å². The highest BCUT2D eigenvalue weighted by Gasteiger charge is 2.19. The number of benzene rings is 2. The number of hydrogen-bond acceptors (Lipinski definition) is 2. The van der Waals surface area contributed by atoms with Crippen LogP contribution < -0.4 is 0 Å². The highest BCUT2D eigenvalue weighted by Crippen LogP contribution is 2.42. The van der Waals surface area contributed by atoms with E-state index in [9.17, 15) is 0 Å². The third-order valence-corrected chi connectivity index (χ3v) is 7.24. The summed E-state index contributed by atoms with van der Waals surface area (Å²) >= 11 is 3.77. The van der Waals surface area contributed by atoms with E-state index in [1.54, 1.807) is 0 Å². The van der Waals surface area contributed by atoms with E-state index in [0.29, 0.717) is 0 Å². The average Bonchev–Trinajstić information content (AvgIpc) is 3.61. The van der Waals surface area contributed by atoms with Gasteiger partial charge in [-0.2, -0.15) is 0 Å². The lowest BCUT2D eigenvalue weighted by Crippen LogP contribution is -1.82. The van der Waals surface area contributed by atoms with Crippen LogP contribution in [0.1, 0.15) is 77.0 Å². The standard InChI is InChI=1S/C23H18S2.4C2H6/c1-14-3-6-19-17(11-14)13-18-12-16(5-7-20(18)19)21-9-10-23(25-21)22-8-4-15(2)24-22;4*1-2/h3-12H,13H2,1-2H3;4*1-2H3. The van der Waals surface area contributed by atoms with Crippen molar-refractivity contribution in [3.8, 4) is 31.3 Å². The fourth-order valence-electron chi connectivity index (χ4n) is 3.69. The Morgan fingerprint density at radius 1 is 0.515 bits per heavy atom. The van der Waals surface area contributed by atoms with Gasteiger partial charge in [-0.3, -0.25) is 0 Å². The van der Waals surface area contributed by atoms with E-state index in [4.69, 9.17) is 0 Å². The molecule has 2 heterocycles. The predicted octanol–water partition coefficient (Wildman–Crippen LogP) is 11.4. The van der Waals surface area contributed by atoms with E-state index in [-0.39, 0.29) is 0 Å².